The van der Waals surface area contributed by atoms with Crippen LogP contribution in [0.1, 0.15) is 12.8 Å². The van der Waals surface area contributed by atoms with Gasteiger partial charge in [0, 0.05) is 26.3 Å². The van der Waals surface area contributed by atoms with E-state index in [1.165, 1.54) is 4.90 Å². The maximum atomic E-state index is 12.3. The van der Waals surface area contributed by atoms with E-state index in [4.69, 9.17) is 5.11 Å². The summed E-state index contributed by atoms with van der Waals surface area (Å²) in [5.74, 6) is -1.29. The Kier molecular flexibility index (Phi) is 3.99. The highest BCUT2D eigenvalue weighted by Gasteiger charge is 2.29. The van der Waals surface area contributed by atoms with Crippen molar-refractivity contribution < 1.29 is 14.7 Å². The van der Waals surface area contributed by atoms with Crippen molar-refractivity contribution in [1.82, 2.24) is 9.88 Å². The van der Waals surface area contributed by atoms with E-state index < -0.39 is 11.9 Å². The van der Waals surface area contributed by atoms with Crippen LogP contribution in [0.2, 0.25) is 0 Å². The lowest BCUT2D eigenvalue weighted by atomic mass is 9.99. The first kappa shape index (κ1) is 13.3. The normalized spacial score (nSPS) is 19.0. The summed E-state index contributed by atoms with van der Waals surface area (Å²) in [5.41, 5.74) is 0.699. The van der Waals surface area contributed by atoms with Gasteiger partial charge in [-0.1, -0.05) is 0 Å². The van der Waals surface area contributed by atoms with Gasteiger partial charge in [-0.25, -0.2) is 4.79 Å². The summed E-state index contributed by atoms with van der Waals surface area (Å²) in [4.78, 5) is 30.4. The number of carboxylic acids is 1. The predicted octanol–water partition coefficient (Wildman–Crippen LogP) is 1.43. The number of rotatable bonds is 2. The van der Waals surface area contributed by atoms with Crippen LogP contribution in [0, 0.1) is 5.92 Å². The molecule has 0 aromatic carbocycles. The molecule has 19 heavy (non-hydrogen) atoms. The molecule has 1 aromatic rings. The van der Waals surface area contributed by atoms with Crippen molar-refractivity contribution in [3.63, 3.8) is 0 Å². The fraction of sp³-hybridized carbons (Fsp3) is 0.462. The van der Waals surface area contributed by atoms with Crippen molar-refractivity contribution in [3.8, 4) is 0 Å². The van der Waals surface area contributed by atoms with E-state index in [1.54, 1.807) is 36.5 Å². The predicted molar refractivity (Wildman–Crippen MR) is 70.0 cm³/mol. The smallest absolute Gasteiger partial charge is 0.324 e. The number of carbonyl (C=O) groups excluding carboxylic acids is 1. The lowest BCUT2D eigenvalue weighted by Crippen LogP contribution is -2.47. The molecule has 2 heterocycles. The van der Waals surface area contributed by atoms with Gasteiger partial charge in [-0.2, -0.15) is 0 Å². The van der Waals surface area contributed by atoms with Gasteiger partial charge in [0.1, 0.15) is 0 Å². The highest BCUT2D eigenvalue weighted by atomic mass is 16.4. The molecule has 2 amide bonds. The average molecular weight is 263 g/mol. The van der Waals surface area contributed by atoms with Gasteiger partial charge in [0.2, 0.25) is 0 Å². The van der Waals surface area contributed by atoms with Crippen molar-refractivity contribution in [2.75, 3.05) is 25.0 Å². The highest BCUT2D eigenvalue weighted by Crippen LogP contribution is 2.19. The Labute approximate surface area is 111 Å². The standard InChI is InChI=1S/C13H17N3O3/c1-15(11-5-2-6-14-8-11)13(19)16-7-3-4-10(9-16)12(17)18/h2,5-6,8,10H,3-4,7,9H2,1H3,(H,17,18)/t10-/m1/s1. The third kappa shape index (κ3) is 3.01. The van der Waals surface area contributed by atoms with Gasteiger partial charge in [-0.3, -0.25) is 14.7 Å². The van der Waals surface area contributed by atoms with E-state index in [2.05, 4.69) is 4.98 Å². The largest absolute Gasteiger partial charge is 0.481 e. The molecule has 6 nitrogen and oxygen atoms in total. The minimum absolute atomic E-state index is 0.182. The van der Waals surface area contributed by atoms with E-state index in [0.29, 0.717) is 18.7 Å². The first-order valence-electron chi connectivity index (χ1n) is 6.25. The van der Waals surface area contributed by atoms with Crippen molar-refractivity contribution in [2.45, 2.75) is 12.8 Å². The van der Waals surface area contributed by atoms with Crippen molar-refractivity contribution in [1.29, 1.82) is 0 Å². The Morgan fingerprint density at radius 1 is 1.53 bits per heavy atom. The van der Waals surface area contributed by atoms with Crippen LogP contribution in [0.4, 0.5) is 10.5 Å². The van der Waals surface area contributed by atoms with E-state index in [1.807, 2.05) is 0 Å². The summed E-state index contributed by atoms with van der Waals surface area (Å²) in [5, 5.41) is 9.03. The Hall–Kier alpha value is -2.11. The summed E-state index contributed by atoms with van der Waals surface area (Å²) < 4.78 is 0. The molecular weight excluding hydrogens is 246 g/mol. The van der Waals surface area contributed by atoms with Gasteiger partial charge in [-0.05, 0) is 25.0 Å². The van der Waals surface area contributed by atoms with Crippen LogP contribution in [0.15, 0.2) is 24.5 Å². The number of carboxylic acid groups (broad SMARTS) is 1. The van der Waals surface area contributed by atoms with Gasteiger partial charge < -0.3 is 10.0 Å². The topological polar surface area (TPSA) is 73.7 Å². The molecule has 1 fully saturated rings. The molecule has 1 aliphatic heterocycles. The zero-order chi connectivity index (χ0) is 13.8. The number of piperidine rings is 1. The summed E-state index contributed by atoms with van der Waals surface area (Å²) >= 11 is 0. The molecule has 6 heteroatoms. The molecule has 0 aliphatic carbocycles. The maximum absolute atomic E-state index is 12.3. The first-order valence-corrected chi connectivity index (χ1v) is 6.25. The van der Waals surface area contributed by atoms with Gasteiger partial charge >= 0.3 is 12.0 Å². The second kappa shape index (κ2) is 5.69. The van der Waals surface area contributed by atoms with Gasteiger partial charge in [0.25, 0.3) is 0 Å². The van der Waals surface area contributed by atoms with E-state index in [9.17, 15) is 9.59 Å². The second-order valence-corrected chi connectivity index (χ2v) is 4.68. The molecule has 0 saturated carbocycles. The Balaban J connectivity index is 2.05. The zero-order valence-corrected chi connectivity index (χ0v) is 10.8. The number of urea groups is 1. The molecule has 1 N–H and O–H groups in total. The van der Waals surface area contributed by atoms with E-state index in [-0.39, 0.29) is 12.6 Å². The molecule has 1 saturated heterocycles. The fourth-order valence-electron chi connectivity index (χ4n) is 2.23. The number of hydrogen-bond donors (Lipinski definition) is 1. The van der Waals surface area contributed by atoms with Crippen molar-refractivity contribution in [3.05, 3.63) is 24.5 Å². The number of carbonyl (C=O) groups is 2. The van der Waals surface area contributed by atoms with Crippen LogP contribution in [-0.2, 0) is 4.79 Å². The lowest BCUT2D eigenvalue weighted by molar-refractivity contribution is -0.143. The summed E-state index contributed by atoms with van der Waals surface area (Å²) in [7, 11) is 1.67. The number of pyridine rings is 1. The molecule has 0 spiro atoms. The van der Waals surface area contributed by atoms with Gasteiger partial charge in [0.05, 0.1) is 17.8 Å². The van der Waals surface area contributed by atoms with Crippen LogP contribution in [0.3, 0.4) is 0 Å². The first-order chi connectivity index (χ1) is 9.09. The van der Waals surface area contributed by atoms with E-state index in [0.717, 1.165) is 6.42 Å². The quantitative estimate of drug-likeness (QED) is 0.876. The van der Waals surface area contributed by atoms with Crippen LogP contribution in [-0.4, -0.2) is 47.1 Å². The van der Waals surface area contributed by atoms with Crippen LogP contribution in [0.5, 0.6) is 0 Å². The number of anilines is 1. The zero-order valence-electron chi connectivity index (χ0n) is 10.8. The number of likely N-dealkylation sites (tertiary alicyclic amines) is 1. The summed E-state index contributed by atoms with van der Waals surface area (Å²) in [6, 6.07) is 3.37. The molecular formula is C13H17N3O3. The number of amides is 2. The molecule has 2 rings (SSSR count). The van der Waals surface area contributed by atoms with Crippen LogP contribution in [0.25, 0.3) is 0 Å². The molecule has 0 bridgehead atoms. The van der Waals surface area contributed by atoms with Gasteiger partial charge in [-0.15, -0.1) is 0 Å². The Bertz CT molecular complexity index is 463. The molecule has 1 atom stereocenters. The van der Waals surface area contributed by atoms with Crippen molar-refractivity contribution >= 4 is 17.7 Å². The lowest BCUT2D eigenvalue weighted by Gasteiger charge is -2.33. The number of aromatic nitrogens is 1. The fourth-order valence-corrected chi connectivity index (χ4v) is 2.23. The van der Waals surface area contributed by atoms with Crippen molar-refractivity contribution in [2.24, 2.45) is 5.92 Å². The molecule has 0 radical (unpaired) electrons. The third-order valence-corrected chi connectivity index (χ3v) is 3.36. The van der Waals surface area contributed by atoms with Crippen LogP contribution < -0.4 is 4.90 Å². The number of hydrogen-bond acceptors (Lipinski definition) is 3. The van der Waals surface area contributed by atoms with Crippen LogP contribution >= 0.6 is 0 Å². The molecule has 1 aromatic heterocycles. The summed E-state index contributed by atoms with van der Waals surface area (Å²) in [6.45, 7) is 0.881. The minimum Gasteiger partial charge on any atom is -0.481 e. The summed E-state index contributed by atoms with van der Waals surface area (Å²) in [6.07, 6.45) is 4.61. The SMILES string of the molecule is CN(C(=O)N1CCC[C@@H](C(=O)O)C1)c1cccnc1. The van der Waals surface area contributed by atoms with Gasteiger partial charge in [0.15, 0.2) is 0 Å². The Morgan fingerprint density at radius 2 is 2.32 bits per heavy atom. The molecule has 102 valence electrons. The Morgan fingerprint density at radius 3 is 2.95 bits per heavy atom. The molecule has 0 unspecified atom stereocenters. The maximum Gasteiger partial charge on any atom is 0.324 e. The highest BCUT2D eigenvalue weighted by molar-refractivity contribution is 5.91. The minimum atomic E-state index is -0.832. The molecule has 1 aliphatic rings. The van der Waals surface area contributed by atoms with E-state index >= 15 is 0 Å². The number of nitrogens with zero attached hydrogens (tertiary/aromatic N) is 3. The average Bonchev–Trinajstić information content (AvgIpc) is 2.46. The second-order valence-electron chi connectivity index (χ2n) is 4.68. The monoisotopic (exact) mass is 263 g/mol. The third-order valence-electron chi connectivity index (χ3n) is 3.36. The number of aliphatic carboxylic acids is 1.